The molecule has 0 amide bonds. The number of hydrogen-bond donors (Lipinski definition) is 1. The van der Waals surface area contributed by atoms with Gasteiger partial charge >= 0.3 is 0 Å². The Bertz CT molecular complexity index is 318. The maximum atomic E-state index is 6.22. The van der Waals surface area contributed by atoms with Gasteiger partial charge in [0.2, 0.25) is 0 Å². The van der Waals surface area contributed by atoms with Gasteiger partial charge in [0.25, 0.3) is 0 Å². The lowest BCUT2D eigenvalue weighted by Crippen LogP contribution is -2.34. The maximum Gasteiger partial charge on any atom is 0.108 e. The zero-order valence-corrected chi connectivity index (χ0v) is 9.93. The minimum absolute atomic E-state index is 0.292. The van der Waals surface area contributed by atoms with Gasteiger partial charge in [-0.1, -0.05) is 0 Å². The first-order chi connectivity index (χ1) is 7.77. The summed E-state index contributed by atoms with van der Waals surface area (Å²) in [6, 6.07) is 0.292. The van der Waals surface area contributed by atoms with Crippen molar-refractivity contribution in [2.75, 3.05) is 13.2 Å². The summed E-state index contributed by atoms with van der Waals surface area (Å²) in [5.41, 5.74) is 6.22. The lowest BCUT2D eigenvalue weighted by molar-refractivity contribution is 0.0575. The molecule has 0 bridgehead atoms. The molecule has 4 heteroatoms. The molecule has 2 heterocycles. The maximum absolute atomic E-state index is 6.22. The van der Waals surface area contributed by atoms with Gasteiger partial charge in [-0.3, -0.25) is 0 Å². The molecule has 4 nitrogen and oxygen atoms in total. The van der Waals surface area contributed by atoms with Gasteiger partial charge in [0.15, 0.2) is 0 Å². The summed E-state index contributed by atoms with van der Waals surface area (Å²) in [4.78, 5) is 4.32. The Morgan fingerprint density at radius 3 is 2.94 bits per heavy atom. The van der Waals surface area contributed by atoms with Gasteiger partial charge in [0.05, 0.1) is 0 Å². The fraction of sp³-hybridized carbons (Fsp3) is 0.750. The van der Waals surface area contributed by atoms with Crippen molar-refractivity contribution < 1.29 is 4.74 Å². The molecule has 1 aromatic heterocycles. The van der Waals surface area contributed by atoms with Gasteiger partial charge in [-0.2, -0.15) is 0 Å². The van der Waals surface area contributed by atoms with Crippen molar-refractivity contribution in [1.29, 1.82) is 0 Å². The Balaban J connectivity index is 1.78. The molecule has 2 rings (SSSR count). The highest BCUT2D eigenvalue weighted by Gasteiger charge is 2.20. The summed E-state index contributed by atoms with van der Waals surface area (Å²) >= 11 is 0. The smallest absolute Gasteiger partial charge is 0.108 e. The summed E-state index contributed by atoms with van der Waals surface area (Å²) in [7, 11) is 2.03. The zero-order chi connectivity index (χ0) is 11.4. The quantitative estimate of drug-likeness (QED) is 0.832. The second kappa shape index (κ2) is 5.46. The lowest BCUT2D eigenvalue weighted by Gasteiger charge is -2.27. The molecule has 1 aliphatic rings. The molecule has 1 saturated heterocycles. The predicted molar refractivity (Wildman–Crippen MR) is 63.0 cm³/mol. The monoisotopic (exact) mass is 223 g/mol. The van der Waals surface area contributed by atoms with Crippen LogP contribution < -0.4 is 5.73 Å². The number of hydrogen-bond acceptors (Lipinski definition) is 3. The Morgan fingerprint density at radius 2 is 2.31 bits per heavy atom. The van der Waals surface area contributed by atoms with Gasteiger partial charge in [-0.05, 0) is 25.2 Å². The van der Waals surface area contributed by atoms with E-state index in [1.807, 2.05) is 19.4 Å². The highest BCUT2D eigenvalue weighted by Crippen LogP contribution is 2.20. The second-order valence-electron chi connectivity index (χ2n) is 4.61. The largest absolute Gasteiger partial charge is 0.381 e. The number of nitrogens with two attached hydrogens (primary N) is 1. The van der Waals surface area contributed by atoms with E-state index in [4.69, 9.17) is 10.5 Å². The number of rotatable bonds is 4. The fourth-order valence-corrected chi connectivity index (χ4v) is 2.31. The highest BCUT2D eigenvalue weighted by molar-refractivity contribution is 4.92. The molecule has 2 N–H and O–H groups in total. The number of ether oxygens (including phenoxy) is 1. The van der Waals surface area contributed by atoms with E-state index >= 15 is 0 Å². The summed E-state index contributed by atoms with van der Waals surface area (Å²) in [6.07, 6.45) is 8.05. The molecular formula is C12H21N3O. The molecule has 0 spiro atoms. The first-order valence-corrected chi connectivity index (χ1v) is 6.07. The van der Waals surface area contributed by atoms with Crippen LogP contribution in [0.25, 0.3) is 0 Å². The van der Waals surface area contributed by atoms with Crippen LogP contribution in [0.15, 0.2) is 12.4 Å². The van der Waals surface area contributed by atoms with Gasteiger partial charge in [-0.25, -0.2) is 4.98 Å². The molecule has 1 atom stereocenters. The Kier molecular flexibility index (Phi) is 3.96. The topological polar surface area (TPSA) is 53.1 Å². The fourth-order valence-electron chi connectivity index (χ4n) is 2.31. The molecule has 16 heavy (non-hydrogen) atoms. The van der Waals surface area contributed by atoms with Crippen molar-refractivity contribution in [2.24, 2.45) is 18.7 Å². The Labute approximate surface area is 96.8 Å². The predicted octanol–water partition coefficient (Wildman–Crippen LogP) is 1.11. The van der Waals surface area contributed by atoms with E-state index in [9.17, 15) is 0 Å². The van der Waals surface area contributed by atoms with Crippen LogP contribution >= 0.6 is 0 Å². The third-order valence-electron chi connectivity index (χ3n) is 3.49. The average Bonchev–Trinajstić information content (AvgIpc) is 2.73. The van der Waals surface area contributed by atoms with Crippen molar-refractivity contribution >= 4 is 0 Å². The van der Waals surface area contributed by atoms with Crippen LogP contribution in [0.4, 0.5) is 0 Å². The minimum atomic E-state index is 0.292. The van der Waals surface area contributed by atoms with E-state index in [0.717, 1.165) is 44.7 Å². The van der Waals surface area contributed by atoms with Gasteiger partial charge in [0, 0.05) is 45.1 Å². The first kappa shape index (κ1) is 11.6. The van der Waals surface area contributed by atoms with Crippen LogP contribution in [0.3, 0.4) is 0 Å². The molecule has 1 aliphatic heterocycles. The van der Waals surface area contributed by atoms with Gasteiger partial charge in [-0.15, -0.1) is 0 Å². The normalized spacial score (nSPS) is 19.9. The first-order valence-electron chi connectivity index (χ1n) is 6.07. The van der Waals surface area contributed by atoms with E-state index in [2.05, 4.69) is 9.55 Å². The Morgan fingerprint density at radius 1 is 1.56 bits per heavy atom. The molecule has 0 aromatic carbocycles. The van der Waals surface area contributed by atoms with Crippen LogP contribution in [-0.4, -0.2) is 28.8 Å². The minimum Gasteiger partial charge on any atom is -0.381 e. The van der Waals surface area contributed by atoms with Crippen LogP contribution in [0.5, 0.6) is 0 Å². The van der Waals surface area contributed by atoms with Crippen LogP contribution in [-0.2, 0) is 18.2 Å². The third kappa shape index (κ3) is 2.83. The van der Waals surface area contributed by atoms with Crippen LogP contribution in [0.2, 0.25) is 0 Å². The van der Waals surface area contributed by atoms with Crippen molar-refractivity contribution in [1.82, 2.24) is 9.55 Å². The van der Waals surface area contributed by atoms with Crippen molar-refractivity contribution in [3.8, 4) is 0 Å². The SMILES string of the molecule is Cn1ccnc1CCC(N)C1CCOCC1. The van der Waals surface area contributed by atoms with E-state index in [-0.39, 0.29) is 0 Å². The number of nitrogens with zero attached hydrogens (tertiary/aromatic N) is 2. The summed E-state index contributed by atoms with van der Waals surface area (Å²) in [6.45, 7) is 1.75. The van der Waals surface area contributed by atoms with Crippen molar-refractivity contribution in [3.63, 3.8) is 0 Å². The Hall–Kier alpha value is -0.870. The molecular weight excluding hydrogens is 202 g/mol. The van der Waals surface area contributed by atoms with E-state index in [1.54, 1.807) is 0 Å². The summed E-state index contributed by atoms with van der Waals surface area (Å²) in [5, 5.41) is 0. The van der Waals surface area contributed by atoms with E-state index in [1.165, 1.54) is 0 Å². The molecule has 0 aliphatic carbocycles. The summed E-state index contributed by atoms with van der Waals surface area (Å²) in [5.74, 6) is 1.76. The number of aryl methyl sites for hydroxylation is 2. The third-order valence-corrected chi connectivity index (χ3v) is 3.49. The van der Waals surface area contributed by atoms with Crippen molar-refractivity contribution in [2.45, 2.75) is 31.7 Å². The summed E-state index contributed by atoms with van der Waals surface area (Å²) < 4.78 is 7.41. The van der Waals surface area contributed by atoms with Gasteiger partial charge in [0.1, 0.15) is 5.82 Å². The lowest BCUT2D eigenvalue weighted by atomic mass is 9.89. The van der Waals surface area contributed by atoms with E-state index < -0.39 is 0 Å². The van der Waals surface area contributed by atoms with E-state index in [0.29, 0.717) is 12.0 Å². The molecule has 1 fully saturated rings. The van der Waals surface area contributed by atoms with Crippen molar-refractivity contribution in [3.05, 3.63) is 18.2 Å². The second-order valence-corrected chi connectivity index (χ2v) is 4.61. The molecule has 0 radical (unpaired) electrons. The average molecular weight is 223 g/mol. The molecule has 0 saturated carbocycles. The highest BCUT2D eigenvalue weighted by atomic mass is 16.5. The molecule has 90 valence electrons. The number of aromatic nitrogens is 2. The zero-order valence-electron chi connectivity index (χ0n) is 9.93. The number of imidazole rings is 1. The van der Waals surface area contributed by atoms with Crippen LogP contribution in [0, 0.1) is 5.92 Å². The standard InChI is InChI=1S/C12H21N3O/c1-15-7-6-14-12(15)3-2-11(13)10-4-8-16-9-5-10/h6-7,10-11H,2-5,8-9,13H2,1H3. The van der Waals surface area contributed by atoms with Crippen LogP contribution in [0.1, 0.15) is 25.1 Å². The van der Waals surface area contributed by atoms with Gasteiger partial charge < -0.3 is 15.0 Å². The molecule has 1 unspecified atom stereocenters. The molecule has 1 aromatic rings.